The van der Waals surface area contributed by atoms with Gasteiger partial charge in [0.2, 0.25) is 0 Å². The van der Waals surface area contributed by atoms with E-state index in [9.17, 15) is 4.79 Å². The van der Waals surface area contributed by atoms with Gasteiger partial charge in [0.05, 0.1) is 0 Å². The van der Waals surface area contributed by atoms with Gasteiger partial charge < -0.3 is 5.11 Å². The van der Waals surface area contributed by atoms with Gasteiger partial charge >= 0.3 is 5.97 Å². The molecule has 3 nitrogen and oxygen atoms in total. The predicted octanol–water partition coefficient (Wildman–Crippen LogP) is 2.36. The Hall–Kier alpha value is -1.38. The molecule has 0 saturated heterocycles. The number of nitrogens with zero attached hydrogens (tertiary/aromatic N) is 1. The molecule has 0 fully saturated rings. The van der Waals surface area contributed by atoms with Crippen molar-refractivity contribution in [2.75, 3.05) is 0 Å². The second-order valence-corrected chi connectivity index (χ2v) is 2.02. The maximum atomic E-state index is 10.3. The lowest BCUT2D eigenvalue weighted by Gasteiger charge is -1.92. The zero-order chi connectivity index (χ0) is 7.56. The van der Waals surface area contributed by atoms with E-state index in [4.69, 9.17) is 5.11 Å². The molecule has 1 aromatic heterocycles. The highest BCUT2D eigenvalue weighted by molar-refractivity contribution is 5.85. The molecule has 0 amide bonds. The Balaban J connectivity index is 0. The zero-order valence-corrected chi connectivity index (χ0v) is 5.53. The molecule has 0 aliphatic heterocycles. The van der Waals surface area contributed by atoms with E-state index in [1.807, 2.05) is 6.92 Å². The monoisotopic (exact) mass is 169 g/mol. The van der Waals surface area contributed by atoms with Gasteiger partial charge in [0, 0.05) is 6.20 Å². The third kappa shape index (κ3) is 3.14. The lowest BCUT2D eigenvalue weighted by atomic mass is 10.2. The first-order chi connectivity index (χ1) is 4.70. The Bertz CT molecular complexity index is 258. The highest BCUT2D eigenvalue weighted by atomic mass is 16.4. The molecule has 0 saturated carbocycles. The average Bonchev–Trinajstić information content (AvgIpc) is 1.88. The lowest BCUT2D eigenvalue weighted by molar-refractivity contribution is 0.0690. The molecule has 3 heteroatoms. The van der Waals surface area contributed by atoms with Crippen molar-refractivity contribution >= 4 is 5.97 Å². The molecule has 0 bridgehead atoms. The second kappa shape index (κ2) is 5.29. The maximum Gasteiger partial charge on any atom is 0.354 e. The highest BCUT2D eigenvalue weighted by Crippen LogP contribution is 1.98. The van der Waals surface area contributed by atoms with E-state index < -0.39 is 5.97 Å². The second-order valence-electron chi connectivity index (χ2n) is 2.02. The van der Waals surface area contributed by atoms with Gasteiger partial charge in [-0.25, -0.2) is 9.78 Å². The van der Waals surface area contributed by atoms with Crippen LogP contribution in [0.2, 0.25) is 0 Å². The summed E-state index contributed by atoms with van der Waals surface area (Å²) >= 11 is 0. The van der Waals surface area contributed by atoms with E-state index in [1.165, 1.54) is 12.3 Å². The third-order valence-electron chi connectivity index (χ3n) is 1.13. The number of aryl methyl sites for hydroxylation is 1. The fraction of sp³-hybridized carbons (Fsp3) is 0.333. The number of hydrogen-bond acceptors (Lipinski definition) is 2. The number of rotatable bonds is 1. The third-order valence-corrected chi connectivity index (χ3v) is 1.13. The molecule has 0 atom stereocenters. The summed E-state index contributed by atoms with van der Waals surface area (Å²) in [6, 6.07) is 3.29. The molecule has 1 heterocycles. The van der Waals surface area contributed by atoms with Crippen LogP contribution in [-0.4, -0.2) is 16.1 Å². The summed E-state index contributed by atoms with van der Waals surface area (Å²) in [6.45, 7) is 1.83. The van der Waals surface area contributed by atoms with Crippen LogP contribution in [-0.2, 0) is 0 Å². The van der Waals surface area contributed by atoms with Crippen molar-refractivity contribution in [3.63, 3.8) is 0 Å². The van der Waals surface area contributed by atoms with Crippen LogP contribution in [0.5, 0.6) is 0 Å². The summed E-state index contributed by atoms with van der Waals surface area (Å²) < 4.78 is 0. The molecule has 12 heavy (non-hydrogen) atoms. The molecule has 0 unspecified atom stereocenters. The van der Waals surface area contributed by atoms with Crippen molar-refractivity contribution in [2.24, 2.45) is 0 Å². The van der Waals surface area contributed by atoms with Crippen LogP contribution in [0.4, 0.5) is 0 Å². The van der Waals surface area contributed by atoms with E-state index in [1.54, 1.807) is 6.07 Å². The van der Waals surface area contributed by atoms with Gasteiger partial charge in [-0.1, -0.05) is 14.9 Å². The molecule has 0 radical (unpaired) electrons. The first-order valence-electron chi connectivity index (χ1n) is 2.86. The van der Waals surface area contributed by atoms with Crippen LogP contribution in [0.3, 0.4) is 0 Å². The van der Waals surface area contributed by atoms with Gasteiger partial charge in [0.1, 0.15) is 5.69 Å². The first kappa shape index (κ1) is 13.2. The van der Waals surface area contributed by atoms with E-state index >= 15 is 0 Å². The van der Waals surface area contributed by atoms with E-state index in [-0.39, 0.29) is 20.5 Å². The quantitative estimate of drug-likeness (QED) is 0.702. The number of aromatic nitrogens is 1. The summed E-state index contributed by atoms with van der Waals surface area (Å²) in [5.74, 6) is -0.983. The van der Waals surface area contributed by atoms with Crippen molar-refractivity contribution < 1.29 is 9.90 Å². The van der Waals surface area contributed by atoms with Crippen LogP contribution < -0.4 is 0 Å². The molecule has 1 rings (SSSR count). The van der Waals surface area contributed by atoms with Gasteiger partial charge in [0.15, 0.2) is 0 Å². The number of carbonyl (C=O) groups is 1. The van der Waals surface area contributed by atoms with Crippen molar-refractivity contribution in [3.05, 3.63) is 29.6 Å². The van der Waals surface area contributed by atoms with Crippen LogP contribution >= 0.6 is 0 Å². The SMILES string of the molecule is C.C.Cc1ccnc(C(=O)O)c1. The minimum absolute atomic E-state index is 0. The molecule has 0 spiro atoms. The summed E-state index contributed by atoms with van der Waals surface area (Å²) in [6.07, 6.45) is 1.48. The Morgan fingerprint density at radius 3 is 2.42 bits per heavy atom. The molecule has 1 aromatic rings. The number of hydrogen-bond donors (Lipinski definition) is 1. The number of carboxylic acid groups (broad SMARTS) is 1. The summed E-state index contributed by atoms with van der Waals surface area (Å²) in [4.78, 5) is 13.9. The standard InChI is InChI=1S/C7H7NO2.2CH4/c1-5-2-3-8-6(4-5)7(9)10;;/h2-4H,1H3,(H,9,10);2*1H4. The smallest absolute Gasteiger partial charge is 0.354 e. The zero-order valence-electron chi connectivity index (χ0n) is 5.53. The maximum absolute atomic E-state index is 10.3. The van der Waals surface area contributed by atoms with Crippen LogP contribution in [0.1, 0.15) is 30.9 Å². The van der Waals surface area contributed by atoms with E-state index in [0.717, 1.165) is 5.56 Å². The van der Waals surface area contributed by atoms with Crippen molar-refractivity contribution in [1.82, 2.24) is 4.98 Å². The minimum atomic E-state index is -0.983. The largest absolute Gasteiger partial charge is 0.477 e. The van der Waals surface area contributed by atoms with E-state index in [2.05, 4.69) is 4.98 Å². The number of pyridine rings is 1. The Labute approximate surface area is 73.1 Å². The predicted molar refractivity (Wildman–Crippen MR) is 49.4 cm³/mol. The Kier molecular flexibility index (Phi) is 5.84. The fourth-order valence-electron chi connectivity index (χ4n) is 0.653. The van der Waals surface area contributed by atoms with Crippen LogP contribution in [0, 0.1) is 6.92 Å². The van der Waals surface area contributed by atoms with Crippen molar-refractivity contribution in [2.45, 2.75) is 21.8 Å². The summed E-state index contributed by atoms with van der Waals surface area (Å²) in [5, 5.41) is 8.45. The van der Waals surface area contributed by atoms with Gasteiger partial charge in [-0.05, 0) is 24.6 Å². The van der Waals surface area contributed by atoms with Gasteiger partial charge in [-0.2, -0.15) is 0 Å². The summed E-state index contributed by atoms with van der Waals surface area (Å²) in [5.41, 5.74) is 1.01. The van der Waals surface area contributed by atoms with Gasteiger partial charge in [0.25, 0.3) is 0 Å². The topological polar surface area (TPSA) is 50.2 Å². The number of carboxylic acids is 1. The van der Waals surface area contributed by atoms with E-state index in [0.29, 0.717) is 0 Å². The van der Waals surface area contributed by atoms with Crippen molar-refractivity contribution in [3.8, 4) is 0 Å². The normalized spacial score (nSPS) is 7.75. The molecule has 0 aromatic carbocycles. The minimum Gasteiger partial charge on any atom is -0.477 e. The van der Waals surface area contributed by atoms with Crippen LogP contribution in [0.15, 0.2) is 18.3 Å². The van der Waals surface area contributed by atoms with Gasteiger partial charge in [-0.3, -0.25) is 0 Å². The fourth-order valence-corrected chi connectivity index (χ4v) is 0.653. The molecular weight excluding hydrogens is 154 g/mol. The average molecular weight is 169 g/mol. The first-order valence-corrected chi connectivity index (χ1v) is 2.86. The Morgan fingerprint density at radius 2 is 2.08 bits per heavy atom. The molecule has 0 aliphatic rings. The van der Waals surface area contributed by atoms with Crippen LogP contribution in [0.25, 0.3) is 0 Å². The highest BCUT2D eigenvalue weighted by Gasteiger charge is 2.01. The molecule has 0 aliphatic carbocycles. The lowest BCUT2D eigenvalue weighted by Crippen LogP contribution is -1.99. The Morgan fingerprint density at radius 1 is 1.50 bits per heavy atom. The van der Waals surface area contributed by atoms with Crippen molar-refractivity contribution in [1.29, 1.82) is 0 Å². The molecular formula is C9H15NO2. The van der Waals surface area contributed by atoms with Gasteiger partial charge in [-0.15, -0.1) is 0 Å². The summed E-state index contributed by atoms with van der Waals surface area (Å²) in [7, 11) is 0. The molecule has 68 valence electrons. The number of aromatic carboxylic acids is 1. The molecule has 1 N–H and O–H groups in total.